The molecule has 5 aromatic carbocycles. The van der Waals surface area contributed by atoms with Gasteiger partial charge in [0.15, 0.2) is 19.0 Å². The summed E-state index contributed by atoms with van der Waals surface area (Å²) < 4.78 is 94.1. The van der Waals surface area contributed by atoms with Gasteiger partial charge in [-0.3, -0.25) is 9.59 Å². The van der Waals surface area contributed by atoms with Crippen LogP contribution in [0.4, 0.5) is 37.7 Å². The van der Waals surface area contributed by atoms with E-state index in [4.69, 9.17) is 20.9 Å². The van der Waals surface area contributed by atoms with Gasteiger partial charge < -0.3 is 40.6 Å². The molecule has 0 radical (unpaired) electrons. The maximum atomic E-state index is 13.4. The lowest BCUT2D eigenvalue weighted by atomic mass is 9.83. The van der Waals surface area contributed by atoms with Gasteiger partial charge in [-0.25, -0.2) is 9.59 Å². The van der Waals surface area contributed by atoms with Crippen molar-refractivity contribution in [2.45, 2.75) is 30.5 Å². The number of nitrogens with two attached hydrogens (primary N) is 2. The van der Waals surface area contributed by atoms with Crippen molar-refractivity contribution >= 4 is 47.0 Å². The topological polar surface area (TPSA) is 198 Å². The first-order valence-electron chi connectivity index (χ1n) is 18.4. The van der Waals surface area contributed by atoms with Crippen molar-refractivity contribution in [3.8, 4) is 23.0 Å². The number of alkyl halides is 6. The first kappa shape index (κ1) is 46.6. The van der Waals surface area contributed by atoms with Gasteiger partial charge >= 0.3 is 24.3 Å². The molecule has 0 aliphatic carbocycles. The summed E-state index contributed by atoms with van der Waals surface area (Å²) >= 11 is 0. The number of hydrogen-bond acceptors (Lipinski definition) is 12. The third-order valence-electron chi connectivity index (χ3n) is 8.71. The van der Waals surface area contributed by atoms with Crippen LogP contribution in [0.3, 0.4) is 0 Å². The molecular formula is C45H36F6N2O10. The second-order valence-corrected chi connectivity index (χ2v) is 13.7. The minimum Gasteiger partial charge on any atom is -0.484 e. The number of allylic oxidation sites excluding steroid dienone is 1. The van der Waals surface area contributed by atoms with Crippen LogP contribution < -0.4 is 30.4 Å². The highest BCUT2D eigenvalue weighted by Gasteiger charge is 2.42. The van der Waals surface area contributed by atoms with Gasteiger partial charge in [-0.05, 0) is 120 Å². The Balaban J connectivity index is 1.21. The van der Waals surface area contributed by atoms with Gasteiger partial charge in [0, 0.05) is 17.8 Å². The summed E-state index contributed by atoms with van der Waals surface area (Å²) in [4.78, 5) is 51.9. The Morgan fingerprint density at radius 1 is 0.556 bits per heavy atom. The third kappa shape index (κ3) is 14.3. The predicted molar refractivity (Wildman–Crippen MR) is 217 cm³/mol. The van der Waals surface area contributed by atoms with Gasteiger partial charge in [-0.15, -0.1) is 0 Å². The van der Waals surface area contributed by atoms with Crippen LogP contribution in [0, 0.1) is 0 Å². The minimum atomic E-state index is -4.52. The minimum absolute atomic E-state index is 0.0319. The Morgan fingerprint density at radius 3 is 1.33 bits per heavy atom. The van der Waals surface area contributed by atoms with E-state index in [0.29, 0.717) is 11.1 Å². The Labute approximate surface area is 354 Å². The lowest BCUT2D eigenvalue weighted by Crippen LogP contribution is -2.44. The van der Waals surface area contributed by atoms with E-state index in [9.17, 15) is 55.7 Å². The smallest absolute Gasteiger partial charge is 0.422 e. The van der Waals surface area contributed by atoms with E-state index in [2.05, 4.69) is 9.47 Å². The molecule has 0 amide bonds. The molecular weight excluding hydrogens is 842 g/mol. The van der Waals surface area contributed by atoms with Crippen molar-refractivity contribution in [3.05, 3.63) is 155 Å². The molecule has 0 heterocycles. The molecule has 0 spiro atoms. The molecule has 0 aliphatic rings. The molecule has 0 aromatic heterocycles. The zero-order valence-corrected chi connectivity index (χ0v) is 32.6. The number of rotatable bonds is 17. The maximum Gasteiger partial charge on any atom is 0.422 e. The van der Waals surface area contributed by atoms with E-state index in [1.807, 2.05) is 0 Å². The molecule has 328 valence electrons. The molecule has 1 atom stereocenters. The molecule has 0 fully saturated rings. The van der Waals surface area contributed by atoms with E-state index >= 15 is 0 Å². The van der Waals surface area contributed by atoms with Crippen LogP contribution in [-0.4, -0.2) is 65.1 Å². The van der Waals surface area contributed by atoms with E-state index in [-0.39, 0.29) is 51.1 Å². The molecule has 0 saturated carbocycles. The zero-order valence-electron chi connectivity index (χ0n) is 32.6. The number of carbonyl (C=O) groups excluding carboxylic acids is 4. The highest BCUT2D eigenvalue weighted by atomic mass is 19.4. The van der Waals surface area contributed by atoms with Gasteiger partial charge in [-0.2, -0.15) is 26.3 Å². The molecule has 12 nitrogen and oxygen atoms in total. The summed E-state index contributed by atoms with van der Waals surface area (Å²) in [5, 5.41) is 22.5. The standard InChI is InChI=1S/C45H36F6N2O10/c46-43(47,48)25-60-35-12-16-37(17-13-35)62-41(56)29-7-1-27(2-8-29)5-11-34(54)24-39(31-21-32(52)23-33(53)22-31)45(58,59)40(55)20-6-28-3-9-30(10-4-28)42(57)63-38-18-14-36(15-19-38)61-26-44(49,50)51/h1-23,39,58-59H,24-26,52-53H2. The molecule has 5 aromatic rings. The average Bonchev–Trinajstić information content (AvgIpc) is 3.22. The van der Waals surface area contributed by atoms with E-state index in [1.165, 1.54) is 127 Å². The molecule has 5 rings (SSSR count). The van der Waals surface area contributed by atoms with E-state index in [1.54, 1.807) is 0 Å². The monoisotopic (exact) mass is 878 g/mol. The molecule has 0 saturated heterocycles. The second-order valence-electron chi connectivity index (χ2n) is 13.7. The Morgan fingerprint density at radius 2 is 0.937 bits per heavy atom. The van der Waals surface area contributed by atoms with Gasteiger partial charge in [0.05, 0.1) is 17.0 Å². The van der Waals surface area contributed by atoms with Crippen LogP contribution in [0.1, 0.15) is 49.7 Å². The highest BCUT2D eigenvalue weighted by molar-refractivity contribution is 6.01. The van der Waals surface area contributed by atoms with Crippen LogP contribution in [0.25, 0.3) is 12.2 Å². The van der Waals surface area contributed by atoms with Gasteiger partial charge in [0.25, 0.3) is 0 Å². The van der Waals surface area contributed by atoms with Gasteiger partial charge in [0.2, 0.25) is 11.6 Å². The lowest BCUT2D eigenvalue weighted by Gasteiger charge is -2.29. The number of anilines is 2. The Bertz CT molecular complexity index is 2450. The first-order chi connectivity index (χ1) is 29.6. The van der Waals surface area contributed by atoms with E-state index < -0.39 is 67.2 Å². The number of halogens is 6. The number of aliphatic hydroxyl groups is 2. The van der Waals surface area contributed by atoms with Crippen molar-refractivity contribution in [1.29, 1.82) is 0 Å². The first-order valence-corrected chi connectivity index (χ1v) is 18.4. The predicted octanol–water partition coefficient (Wildman–Crippen LogP) is 7.89. The Kier molecular flexibility index (Phi) is 14.8. The molecule has 1 unspecified atom stereocenters. The average molecular weight is 879 g/mol. The fraction of sp³-hybridized carbons (Fsp3) is 0.156. The van der Waals surface area contributed by atoms with Gasteiger partial charge in [-0.1, -0.05) is 36.4 Å². The summed E-state index contributed by atoms with van der Waals surface area (Å²) in [5.41, 5.74) is 13.2. The van der Waals surface area contributed by atoms with Crippen molar-refractivity contribution in [2.75, 3.05) is 24.7 Å². The molecule has 63 heavy (non-hydrogen) atoms. The van der Waals surface area contributed by atoms with E-state index in [0.717, 1.165) is 12.2 Å². The number of ketones is 2. The summed E-state index contributed by atoms with van der Waals surface area (Å²) in [6.45, 7) is -2.97. The normalized spacial score (nSPS) is 12.5. The van der Waals surface area contributed by atoms with Crippen LogP contribution >= 0.6 is 0 Å². The van der Waals surface area contributed by atoms with Crippen LogP contribution in [0.15, 0.2) is 127 Å². The van der Waals surface area contributed by atoms with Crippen molar-refractivity contribution in [2.24, 2.45) is 0 Å². The maximum absolute atomic E-state index is 13.4. The fourth-order valence-corrected chi connectivity index (χ4v) is 5.65. The zero-order chi connectivity index (χ0) is 46.0. The van der Waals surface area contributed by atoms with Crippen LogP contribution in [-0.2, 0) is 9.59 Å². The number of ether oxygens (including phenoxy) is 4. The largest absolute Gasteiger partial charge is 0.484 e. The summed E-state index contributed by atoms with van der Waals surface area (Å²) in [6, 6.07) is 25.2. The van der Waals surface area contributed by atoms with Crippen LogP contribution in [0.2, 0.25) is 0 Å². The summed E-state index contributed by atoms with van der Waals surface area (Å²) in [6.07, 6.45) is -5.04. The van der Waals surface area contributed by atoms with Crippen molar-refractivity contribution in [3.63, 3.8) is 0 Å². The summed E-state index contributed by atoms with van der Waals surface area (Å²) in [7, 11) is 0. The Hall–Kier alpha value is -7.44. The summed E-state index contributed by atoms with van der Waals surface area (Å²) in [5.74, 6) is -8.28. The third-order valence-corrected chi connectivity index (χ3v) is 8.71. The number of hydrogen-bond donors (Lipinski definition) is 4. The second kappa shape index (κ2) is 20.0. The number of esters is 2. The molecule has 0 aliphatic heterocycles. The van der Waals surface area contributed by atoms with Crippen LogP contribution in [0.5, 0.6) is 23.0 Å². The fourth-order valence-electron chi connectivity index (χ4n) is 5.65. The number of nitrogen functional groups attached to an aromatic ring is 2. The quantitative estimate of drug-likeness (QED) is 0.0176. The number of benzene rings is 5. The van der Waals surface area contributed by atoms with Gasteiger partial charge in [0.1, 0.15) is 23.0 Å². The SMILES string of the molecule is Nc1cc(N)cc(C(CC(=O)C=Cc2ccc(C(=O)Oc3ccc(OCC(F)(F)F)cc3)cc2)C(O)(O)C(=O)C=Cc2ccc(C(=O)Oc3ccc(OCC(F)(F)F)cc3)cc2)c1. The number of carbonyl (C=O) groups is 4. The highest BCUT2D eigenvalue weighted by Crippen LogP contribution is 2.34. The molecule has 6 N–H and O–H groups in total. The molecule has 18 heteroatoms. The molecule has 0 bridgehead atoms. The van der Waals surface area contributed by atoms with Crippen molar-refractivity contribution in [1.82, 2.24) is 0 Å². The van der Waals surface area contributed by atoms with Crippen molar-refractivity contribution < 1.29 is 74.7 Å². The lowest BCUT2D eigenvalue weighted by molar-refractivity contribution is -0.187.